The van der Waals surface area contributed by atoms with Gasteiger partial charge < -0.3 is 15.4 Å². The number of hydrogen-bond acceptors (Lipinski definition) is 7. The minimum absolute atomic E-state index is 0.236. The summed E-state index contributed by atoms with van der Waals surface area (Å²) in [7, 11) is 3.70. The monoisotopic (exact) mass is 239 g/mol. The van der Waals surface area contributed by atoms with Crippen LogP contribution in [0.15, 0.2) is 6.33 Å². The number of nitrogens with zero attached hydrogens (tertiary/aromatic N) is 4. The quantitative estimate of drug-likeness (QED) is 0.660. The summed E-state index contributed by atoms with van der Waals surface area (Å²) >= 11 is 0. The van der Waals surface area contributed by atoms with Gasteiger partial charge in [0.15, 0.2) is 0 Å². The van der Waals surface area contributed by atoms with Crippen molar-refractivity contribution in [3.8, 4) is 0 Å². The van der Waals surface area contributed by atoms with Crippen molar-refractivity contribution in [2.24, 2.45) is 5.73 Å². The molecule has 0 unspecified atom stereocenters. The first kappa shape index (κ1) is 13.3. The number of esters is 1. The minimum atomic E-state index is -0.297. The van der Waals surface area contributed by atoms with Gasteiger partial charge in [-0.25, -0.2) is 9.97 Å². The highest BCUT2D eigenvalue weighted by molar-refractivity contribution is 5.69. The summed E-state index contributed by atoms with van der Waals surface area (Å²) in [6.07, 6.45) is 2.15. The Hall–Kier alpha value is -1.76. The van der Waals surface area contributed by atoms with Crippen LogP contribution in [0.1, 0.15) is 12.2 Å². The molecule has 0 amide bonds. The van der Waals surface area contributed by atoms with Crippen molar-refractivity contribution in [2.75, 3.05) is 32.1 Å². The Morgan fingerprint density at radius 3 is 2.88 bits per heavy atom. The topological polar surface area (TPSA) is 94.2 Å². The molecule has 17 heavy (non-hydrogen) atoms. The van der Waals surface area contributed by atoms with E-state index in [2.05, 4.69) is 15.0 Å². The lowest BCUT2D eigenvalue weighted by molar-refractivity contribution is -0.143. The molecule has 1 heterocycles. The van der Waals surface area contributed by atoms with Crippen LogP contribution >= 0.6 is 0 Å². The number of nitrogens with two attached hydrogens (primary N) is 1. The Labute approximate surface area is 100 Å². The zero-order valence-electron chi connectivity index (χ0n) is 10.1. The molecule has 0 spiro atoms. The molecule has 0 aromatic carbocycles. The number of ether oxygens (including phenoxy) is 1. The van der Waals surface area contributed by atoms with Crippen molar-refractivity contribution >= 4 is 11.9 Å². The van der Waals surface area contributed by atoms with Crippen LogP contribution in [0.3, 0.4) is 0 Å². The van der Waals surface area contributed by atoms with Gasteiger partial charge in [-0.15, -0.1) is 0 Å². The van der Waals surface area contributed by atoms with E-state index in [1.165, 1.54) is 6.33 Å². The standard InChI is InChI=1S/C10H17N5O2/c1-15(2)10-13-7-12-8(14-10)4-6-17-9(16)3-5-11/h7H,3-6,11H2,1-2H3. The molecule has 0 aliphatic heterocycles. The van der Waals surface area contributed by atoms with Crippen LogP contribution in [0.4, 0.5) is 5.95 Å². The van der Waals surface area contributed by atoms with E-state index < -0.39 is 0 Å². The maximum atomic E-state index is 11.0. The molecule has 1 aromatic rings. The third-order valence-electron chi connectivity index (χ3n) is 1.95. The first-order valence-corrected chi connectivity index (χ1v) is 5.34. The molecule has 1 rings (SSSR count). The Kier molecular flexibility index (Phi) is 5.28. The Balaban J connectivity index is 2.41. The first-order valence-electron chi connectivity index (χ1n) is 5.34. The fraction of sp³-hybridized carbons (Fsp3) is 0.600. The highest BCUT2D eigenvalue weighted by Crippen LogP contribution is 2.01. The maximum Gasteiger partial charge on any atom is 0.307 e. The van der Waals surface area contributed by atoms with Crippen LogP contribution in [-0.4, -0.2) is 48.2 Å². The van der Waals surface area contributed by atoms with Gasteiger partial charge in [-0.3, -0.25) is 4.79 Å². The zero-order valence-corrected chi connectivity index (χ0v) is 10.1. The fourth-order valence-electron chi connectivity index (χ4n) is 1.10. The summed E-state index contributed by atoms with van der Waals surface area (Å²) < 4.78 is 4.95. The van der Waals surface area contributed by atoms with Crippen molar-refractivity contribution in [2.45, 2.75) is 12.8 Å². The van der Waals surface area contributed by atoms with E-state index in [-0.39, 0.29) is 19.0 Å². The fourth-order valence-corrected chi connectivity index (χ4v) is 1.10. The van der Waals surface area contributed by atoms with Crippen LogP contribution in [-0.2, 0) is 16.0 Å². The van der Waals surface area contributed by atoms with Gasteiger partial charge in [-0.1, -0.05) is 0 Å². The molecule has 7 nitrogen and oxygen atoms in total. The Morgan fingerprint density at radius 2 is 2.24 bits per heavy atom. The predicted molar refractivity (Wildman–Crippen MR) is 62.5 cm³/mol. The zero-order chi connectivity index (χ0) is 12.7. The van der Waals surface area contributed by atoms with E-state index in [4.69, 9.17) is 10.5 Å². The van der Waals surface area contributed by atoms with Gasteiger partial charge >= 0.3 is 5.97 Å². The molecule has 0 saturated carbocycles. The molecule has 0 fully saturated rings. The van der Waals surface area contributed by atoms with E-state index in [0.29, 0.717) is 24.7 Å². The number of rotatable bonds is 6. The van der Waals surface area contributed by atoms with E-state index in [9.17, 15) is 4.79 Å². The highest BCUT2D eigenvalue weighted by Gasteiger charge is 2.05. The molecule has 7 heteroatoms. The molecule has 1 aromatic heterocycles. The highest BCUT2D eigenvalue weighted by atomic mass is 16.5. The average Bonchev–Trinajstić information content (AvgIpc) is 2.30. The number of carbonyl (C=O) groups is 1. The third-order valence-corrected chi connectivity index (χ3v) is 1.95. The molecule has 94 valence electrons. The SMILES string of the molecule is CN(C)c1ncnc(CCOC(=O)CCN)n1. The molecule has 0 saturated heterocycles. The number of anilines is 1. The smallest absolute Gasteiger partial charge is 0.307 e. The van der Waals surface area contributed by atoms with Gasteiger partial charge in [-0.2, -0.15) is 4.98 Å². The van der Waals surface area contributed by atoms with Gasteiger partial charge in [-0.05, 0) is 0 Å². The number of aromatic nitrogens is 3. The average molecular weight is 239 g/mol. The molecule has 0 atom stereocenters. The van der Waals surface area contributed by atoms with E-state index in [1.54, 1.807) is 4.90 Å². The third kappa shape index (κ3) is 4.73. The normalized spacial score (nSPS) is 10.1. The molecular weight excluding hydrogens is 222 g/mol. The van der Waals surface area contributed by atoms with Crippen molar-refractivity contribution in [3.05, 3.63) is 12.2 Å². The Bertz CT molecular complexity index is 369. The van der Waals surface area contributed by atoms with E-state index >= 15 is 0 Å². The molecule has 0 bridgehead atoms. The van der Waals surface area contributed by atoms with Crippen LogP contribution < -0.4 is 10.6 Å². The minimum Gasteiger partial charge on any atom is -0.465 e. The van der Waals surface area contributed by atoms with Crippen molar-refractivity contribution in [1.82, 2.24) is 15.0 Å². The summed E-state index contributed by atoms with van der Waals surface area (Å²) in [5.41, 5.74) is 5.23. The van der Waals surface area contributed by atoms with Crippen molar-refractivity contribution in [1.29, 1.82) is 0 Å². The second-order valence-corrected chi connectivity index (χ2v) is 3.61. The summed E-state index contributed by atoms with van der Waals surface area (Å²) in [4.78, 5) is 25.0. The van der Waals surface area contributed by atoms with E-state index in [1.807, 2.05) is 14.1 Å². The molecule has 2 N–H and O–H groups in total. The lowest BCUT2D eigenvalue weighted by Crippen LogP contribution is -2.16. The van der Waals surface area contributed by atoms with Gasteiger partial charge in [0, 0.05) is 27.1 Å². The second-order valence-electron chi connectivity index (χ2n) is 3.61. The van der Waals surface area contributed by atoms with Crippen molar-refractivity contribution in [3.63, 3.8) is 0 Å². The summed E-state index contributed by atoms with van der Waals surface area (Å²) in [5.74, 6) is 0.891. The maximum absolute atomic E-state index is 11.0. The predicted octanol–water partition coefficient (Wildman–Crippen LogP) is -0.628. The Morgan fingerprint density at radius 1 is 1.47 bits per heavy atom. The van der Waals surface area contributed by atoms with Gasteiger partial charge in [0.05, 0.1) is 13.0 Å². The van der Waals surface area contributed by atoms with Crippen LogP contribution in [0.5, 0.6) is 0 Å². The van der Waals surface area contributed by atoms with Crippen molar-refractivity contribution < 1.29 is 9.53 Å². The lowest BCUT2D eigenvalue weighted by atomic mass is 10.4. The van der Waals surface area contributed by atoms with Gasteiger partial charge in [0.2, 0.25) is 5.95 Å². The van der Waals surface area contributed by atoms with Gasteiger partial charge in [0.1, 0.15) is 12.2 Å². The number of hydrogen-bond donors (Lipinski definition) is 1. The number of carbonyl (C=O) groups excluding carboxylic acids is 1. The molecule has 0 radical (unpaired) electrons. The van der Waals surface area contributed by atoms with Crippen LogP contribution in [0.25, 0.3) is 0 Å². The molecule has 0 aliphatic rings. The van der Waals surface area contributed by atoms with E-state index in [0.717, 1.165) is 0 Å². The van der Waals surface area contributed by atoms with Crippen LogP contribution in [0, 0.1) is 0 Å². The summed E-state index contributed by atoms with van der Waals surface area (Å²) in [6, 6.07) is 0. The van der Waals surface area contributed by atoms with Crippen LogP contribution in [0.2, 0.25) is 0 Å². The first-order chi connectivity index (χ1) is 8.13. The molecule has 0 aliphatic carbocycles. The second kappa shape index (κ2) is 6.74. The summed E-state index contributed by atoms with van der Waals surface area (Å²) in [5, 5.41) is 0. The molecular formula is C10H17N5O2. The largest absolute Gasteiger partial charge is 0.465 e. The summed E-state index contributed by atoms with van der Waals surface area (Å²) in [6.45, 7) is 0.561. The lowest BCUT2D eigenvalue weighted by Gasteiger charge is -2.10. The van der Waals surface area contributed by atoms with Gasteiger partial charge in [0.25, 0.3) is 0 Å².